The lowest BCUT2D eigenvalue weighted by atomic mass is 10.00. The third-order valence-electron chi connectivity index (χ3n) is 7.49. The Morgan fingerprint density at radius 3 is 2.68 bits per heavy atom. The van der Waals surface area contributed by atoms with E-state index >= 15 is 0 Å². The second-order valence-corrected chi connectivity index (χ2v) is 10.4. The van der Waals surface area contributed by atoms with Crippen LogP contribution in [0.2, 0.25) is 5.02 Å². The molecular formula is C28H29ClN4O4. The SMILES string of the molecule is COn1c(NC(c2ccc(Cl)cc2)C2CC2)nc2c(c1=O)CN(C(=O)C1CCc3ccccc3O1)CC2. The average molecular weight is 521 g/mol. The number of hydrogen-bond acceptors (Lipinski definition) is 6. The fourth-order valence-corrected chi connectivity index (χ4v) is 5.45. The molecule has 1 N–H and O–H groups in total. The van der Waals surface area contributed by atoms with Crippen LogP contribution in [0.15, 0.2) is 53.3 Å². The Morgan fingerprint density at radius 2 is 1.92 bits per heavy atom. The summed E-state index contributed by atoms with van der Waals surface area (Å²) in [5.74, 6) is 1.50. The van der Waals surface area contributed by atoms with Crippen molar-refractivity contribution >= 4 is 23.5 Å². The van der Waals surface area contributed by atoms with Gasteiger partial charge in [0.05, 0.1) is 23.8 Å². The van der Waals surface area contributed by atoms with E-state index in [1.807, 2.05) is 48.5 Å². The summed E-state index contributed by atoms with van der Waals surface area (Å²) < 4.78 is 7.22. The van der Waals surface area contributed by atoms with Crippen LogP contribution >= 0.6 is 11.6 Å². The monoisotopic (exact) mass is 520 g/mol. The Labute approximate surface area is 220 Å². The molecule has 3 aromatic rings. The number of benzene rings is 2. The van der Waals surface area contributed by atoms with Gasteiger partial charge in [0.2, 0.25) is 5.95 Å². The van der Waals surface area contributed by atoms with Crippen LogP contribution in [0.5, 0.6) is 5.75 Å². The van der Waals surface area contributed by atoms with Gasteiger partial charge in [0, 0.05) is 18.0 Å². The third-order valence-corrected chi connectivity index (χ3v) is 7.74. The molecule has 1 amide bonds. The van der Waals surface area contributed by atoms with Gasteiger partial charge in [0.25, 0.3) is 11.5 Å². The Hall–Kier alpha value is -3.52. The molecule has 1 aromatic heterocycles. The molecule has 192 valence electrons. The van der Waals surface area contributed by atoms with Gasteiger partial charge in [-0.3, -0.25) is 9.59 Å². The van der Waals surface area contributed by atoms with Gasteiger partial charge < -0.3 is 19.8 Å². The molecule has 1 saturated carbocycles. The van der Waals surface area contributed by atoms with Crippen molar-refractivity contribution in [3.8, 4) is 5.75 Å². The fraction of sp³-hybridized carbons (Fsp3) is 0.393. The van der Waals surface area contributed by atoms with Crippen LogP contribution in [0.3, 0.4) is 0 Å². The van der Waals surface area contributed by atoms with E-state index in [2.05, 4.69) is 5.32 Å². The van der Waals surface area contributed by atoms with Gasteiger partial charge in [-0.15, -0.1) is 4.73 Å². The maximum atomic E-state index is 13.5. The molecule has 6 rings (SSSR count). The third kappa shape index (κ3) is 4.66. The van der Waals surface area contributed by atoms with Crippen molar-refractivity contribution in [1.82, 2.24) is 14.6 Å². The molecule has 2 aliphatic heterocycles. The molecule has 8 nitrogen and oxygen atoms in total. The van der Waals surface area contributed by atoms with Gasteiger partial charge >= 0.3 is 0 Å². The first-order valence-electron chi connectivity index (χ1n) is 12.8. The zero-order valence-corrected chi connectivity index (χ0v) is 21.4. The summed E-state index contributed by atoms with van der Waals surface area (Å²) in [5.41, 5.74) is 3.09. The van der Waals surface area contributed by atoms with Crippen LogP contribution in [-0.2, 0) is 24.2 Å². The maximum absolute atomic E-state index is 13.5. The van der Waals surface area contributed by atoms with Crippen LogP contribution in [0.4, 0.5) is 5.95 Å². The number of carbonyl (C=O) groups excluding carboxylic acids is 1. The number of ether oxygens (including phenoxy) is 1. The van der Waals surface area contributed by atoms with E-state index in [1.54, 1.807) is 4.90 Å². The summed E-state index contributed by atoms with van der Waals surface area (Å²) in [6.45, 7) is 0.674. The minimum Gasteiger partial charge on any atom is -0.480 e. The Bertz CT molecular complexity index is 1390. The minimum absolute atomic E-state index is 0.00314. The highest BCUT2D eigenvalue weighted by molar-refractivity contribution is 6.30. The Balaban J connectivity index is 1.23. The van der Waals surface area contributed by atoms with Gasteiger partial charge in [0.1, 0.15) is 12.9 Å². The Morgan fingerprint density at radius 1 is 1.14 bits per heavy atom. The van der Waals surface area contributed by atoms with Crippen LogP contribution in [0.1, 0.15) is 47.7 Å². The maximum Gasteiger partial charge on any atom is 0.293 e. The predicted molar refractivity (Wildman–Crippen MR) is 140 cm³/mol. The summed E-state index contributed by atoms with van der Waals surface area (Å²) in [6, 6.07) is 15.6. The van der Waals surface area contributed by atoms with Gasteiger partial charge in [-0.25, -0.2) is 4.98 Å². The van der Waals surface area contributed by atoms with Crippen molar-refractivity contribution in [3.63, 3.8) is 0 Å². The van der Waals surface area contributed by atoms with Gasteiger partial charge in [-0.2, -0.15) is 0 Å². The molecule has 3 heterocycles. The molecule has 1 aliphatic carbocycles. The first kappa shape index (κ1) is 23.9. The quantitative estimate of drug-likeness (QED) is 0.532. The first-order chi connectivity index (χ1) is 18.0. The van der Waals surface area contributed by atoms with Crippen LogP contribution < -0.4 is 20.5 Å². The number of halogens is 1. The van der Waals surface area contributed by atoms with Crippen LogP contribution in [0, 0.1) is 5.92 Å². The van der Waals surface area contributed by atoms with E-state index in [9.17, 15) is 9.59 Å². The topological polar surface area (TPSA) is 85.7 Å². The van der Waals surface area contributed by atoms with Crippen molar-refractivity contribution < 1.29 is 14.4 Å². The standard InChI is InChI=1S/C28H29ClN4O4/c1-36-33-26(34)21-16-32(27(35)24-13-10-17-4-2-3-5-23(17)37-24)15-14-22(21)30-28(33)31-25(18-6-7-18)19-8-11-20(29)12-9-19/h2-5,8-9,11-12,18,24-25H,6-7,10,13-16H2,1H3,(H,30,31). The van der Waals surface area contributed by atoms with E-state index in [0.717, 1.165) is 36.1 Å². The number of aromatic nitrogens is 2. The number of aryl methyl sites for hydroxylation is 1. The largest absolute Gasteiger partial charge is 0.480 e. The van der Waals surface area contributed by atoms with E-state index in [1.165, 1.54) is 11.8 Å². The number of anilines is 1. The van der Waals surface area contributed by atoms with Crippen molar-refractivity contribution in [2.45, 2.75) is 50.8 Å². The van der Waals surface area contributed by atoms with E-state index < -0.39 is 6.10 Å². The molecule has 2 unspecified atom stereocenters. The molecule has 37 heavy (non-hydrogen) atoms. The number of nitrogens with one attached hydrogen (secondary N) is 1. The van der Waals surface area contributed by atoms with E-state index in [-0.39, 0.29) is 24.1 Å². The number of fused-ring (bicyclic) bond motifs is 2. The summed E-state index contributed by atoms with van der Waals surface area (Å²) in [7, 11) is 1.45. The van der Waals surface area contributed by atoms with Crippen LogP contribution in [0.25, 0.3) is 0 Å². The number of hydrogen-bond donors (Lipinski definition) is 1. The lowest BCUT2D eigenvalue weighted by Crippen LogP contribution is -2.48. The first-order valence-corrected chi connectivity index (χ1v) is 13.1. The molecule has 0 radical (unpaired) electrons. The molecule has 3 aliphatic rings. The summed E-state index contributed by atoms with van der Waals surface area (Å²) >= 11 is 6.09. The fourth-order valence-electron chi connectivity index (χ4n) is 5.32. The molecule has 2 atom stereocenters. The number of para-hydroxylation sites is 1. The second kappa shape index (κ2) is 9.74. The normalized spacial score (nSPS) is 19.3. The number of carbonyl (C=O) groups is 1. The number of nitrogens with zero attached hydrogens (tertiary/aromatic N) is 3. The smallest absolute Gasteiger partial charge is 0.293 e. The lowest BCUT2D eigenvalue weighted by molar-refractivity contribution is -0.140. The minimum atomic E-state index is -0.548. The van der Waals surface area contributed by atoms with Crippen molar-refractivity contribution in [2.24, 2.45) is 5.92 Å². The highest BCUT2D eigenvalue weighted by Crippen LogP contribution is 2.43. The molecule has 1 fully saturated rings. The summed E-state index contributed by atoms with van der Waals surface area (Å²) in [5, 5.41) is 4.15. The zero-order valence-electron chi connectivity index (χ0n) is 20.7. The predicted octanol–water partition coefficient (Wildman–Crippen LogP) is 3.80. The number of rotatable bonds is 6. The van der Waals surface area contributed by atoms with Crippen molar-refractivity contribution in [3.05, 3.63) is 86.3 Å². The molecule has 0 saturated heterocycles. The van der Waals surface area contributed by atoms with E-state index in [4.69, 9.17) is 26.2 Å². The lowest BCUT2D eigenvalue weighted by Gasteiger charge is -2.33. The highest BCUT2D eigenvalue weighted by atomic mass is 35.5. The summed E-state index contributed by atoms with van der Waals surface area (Å²) in [4.78, 5) is 38.8. The van der Waals surface area contributed by atoms with Gasteiger partial charge in [-0.1, -0.05) is 41.9 Å². The second-order valence-electron chi connectivity index (χ2n) is 9.92. The zero-order chi connectivity index (χ0) is 25.5. The van der Waals surface area contributed by atoms with Gasteiger partial charge in [0.15, 0.2) is 6.10 Å². The molecule has 9 heteroatoms. The van der Waals surface area contributed by atoms with Crippen molar-refractivity contribution in [1.29, 1.82) is 0 Å². The van der Waals surface area contributed by atoms with Crippen LogP contribution in [-0.4, -0.2) is 40.3 Å². The van der Waals surface area contributed by atoms with Gasteiger partial charge in [-0.05, 0) is 60.9 Å². The molecule has 0 spiro atoms. The average Bonchev–Trinajstić information content (AvgIpc) is 3.77. The highest BCUT2D eigenvalue weighted by Gasteiger charge is 2.36. The van der Waals surface area contributed by atoms with Crippen molar-refractivity contribution in [2.75, 3.05) is 19.0 Å². The molecule has 2 aromatic carbocycles. The Kier molecular flexibility index (Phi) is 6.28. The van der Waals surface area contributed by atoms with E-state index in [0.29, 0.717) is 47.5 Å². The molecular weight excluding hydrogens is 492 g/mol. The molecule has 0 bridgehead atoms. The summed E-state index contributed by atoms with van der Waals surface area (Å²) in [6.07, 6.45) is 3.57. The number of amides is 1.